The van der Waals surface area contributed by atoms with E-state index in [1.54, 1.807) is 31.2 Å². The van der Waals surface area contributed by atoms with Gasteiger partial charge in [0.25, 0.3) is 7.37 Å². The summed E-state index contributed by atoms with van der Waals surface area (Å²) in [6.07, 6.45) is 0. The van der Waals surface area contributed by atoms with Crippen LogP contribution in [0.1, 0.15) is 19.4 Å². The molecular formula is C12H13O4P. The highest BCUT2D eigenvalue weighted by Crippen LogP contribution is 2.55. The maximum Gasteiger partial charge on any atom is 0.308 e. The Bertz CT molecular complexity index is 533. The van der Waals surface area contributed by atoms with Crippen LogP contribution in [0.5, 0.6) is 0 Å². The van der Waals surface area contributed by atoms with Crippen LogP contribution in [-0.2, 0) is 18.6 Å². The first kappa shape index (κ1) is 12.1. The van der Waals surface area contributed by atoms with Crippen molar-refractivity contribution in [3.63, 3.8) is 0 Å². The minimum atomic E-state index is -3.01. The molecule has 0 aromatic heterocycles. The molecule has 0 radical (unpaired) electrons. The molecule has 1 aliphatic heterocycles. The molecule has 0 fully saturated rings. The average molecular weight is 252 g/mol. The zero-order valence-electron chi connectivity index (χ0n) is 9.67. The monoisotopic (exact) mass is 252 g/mol. The van der Waals surface area contributed by atoms with E-state index < -0.39 is 13.3 Å². The third-order valence-electron chi connectivity index (χ3n) is 2.37. The molecule has 0 bridgehead atoms. The predicted octanol–water partition coefficient (Wildman–Crippen LogP) is 2.50. The van der Waals surface area contributed by atoms with Gasteiger partial charge in [-0.2, -0.15) is 0 Å². The predicted molar refractivity (Wildman–Crippen MR) is 65.1 cm³/mol. The largest absolute Gasteiger partial charge is 0.426 e. The number of fused-ring (bicyclic) bond motifs is 1. The molecule has 4 nitrogen and oxygen atoms in total. The molecule has 0 amide bonds. The van der Waals surface area contributed by atoms with Crippen molar-refractivity contribution < 1.29 is 18.6 Å². The Morgan fingerprint density at radius 2 is 2.06 bits per heavy atom. The van der Waals surface area contributed by atoms with Crippen LogP contribution in [0.2, 0.25) is 0 Å². The first-order chi connectivity index (χ1) is 8.07. The van der Waals surface area contributed by atoms with Crippen molar-refractivity contribution in [1.29, 1.82) is 0 Å². The van der Waals surface area contributed by atoms with E-state index in [1.807, 2.05) is 0 Å². The zero-order chi connectivity index (χ0) is 12.5. The van der Waals surface area contributed by atoms with Crippen LogP contribution in [0.15, 0.2) is 30.1 Å². The summed E-state index contributed by atoms with van der Waals surface area (Å²) in [7, 11) is -3.01. The fourth-order valence-corrected chi connectivity index (χ4v) is 3.83. The highest BCUT2D eigenvalue weighted by molar-refractivity contribution is 7.71. The van der Waals surface area contributed by atoms with Crippen molar-refractivity contribution in [2.75, 3.05) is 6.61 Å². The first-order valence-corrected chi connectivity index (χ1v) is 7.02. The SMILES string of the molecule is CCOP1(=O)C=C(OC(C)=O)c2ccccc21. The Balaban J connectivity index is 2.49. The van der Waals surface area contributed by atoms with Gasteiger partial charge in [0.15, 0.2) is 0 Å². The normalized spacial score (nSPS) is 21.9. The molecular weight excluding hydrogens is 239 g/mol. The highest BCUT2D eigenvalue weighted by atomic mass is 31.2. The van der Waals surface area contributed by atoms with Gasteiger partial charge in [-0.15, -0.1) is 0 Å². The number of rotatable bonds is 3. The molecule has 0 N–H and O–H groups in total. The van der Waals surface area contributed by atoms with Crippen molar-refractivity contribution in [2.24, 2.45) is 0 Å². The molecule has 17 heavy (non-hydrogen) atoms. The van der Waals surface area contributed by atoms with E-state index in [-0.39, 0.29) is 0 Å². The first-order valence-electron chi connectivity index (χ1n) is 5.32. The number of carbonyl (C=O) groups excluding carboxylic acids is 1. The van der Waals surface area contributed by atoms with Gasteiger partial charge in [0.2, 0.25) is 0 Å². The smallest absolute Gasteiger partial charge is 0.308 e. The number of hydrogen-bond acceptors (Lipinski definition) is 4. The maximum absolute atomic E-state index is 12.5. The summed E-state index contributed by atoms with van der Waals surface area (Å²) in [4.78, 5) is 11.0. The van der Waals surface area contributed by atoms with Gasteiger partial charge in [0.05, 0.1) is 11.9 Å². The molecule has 1 aromatic carbocycles. The molecule has 0 aliphatic carbocycles. The highest BCUT2D eigenvalue weighted by Gasteiger charge is 2.35. The van der Waals surface area contributed by atoms with Gasteiger partial charge >= 0.3 is 5.97 Å². The molecule has 90 valence electrons. The molecule has 0 saturated carbocycles. The third-order valence-corrected chi connectivity index (χ3v) is 4.64. The van der Waals surface area contributed by atoms with Crippen LogP contribution in [0.25, 0.3) is 5.76 Å². The second-order valence-corrected chi connectivity index (χ2v) is 5.81. The van der Waals surface area contributed by atoms with E-state index in [9.17, 15) is 9.36 Å². The molecule has 1 atom stereocenters. The van der Waals surface area contributed by atoms with Crippen LogP contribution in [0.3, 0.4) is 0 Å². The Hall–Kier alpha value is -1.38. The van der Waals surface area contributed by atoms with E-state index in [0.717, 1.165) is 0 Å². The van der Waals surface area contributed by atoms with Crippen LogP contribution in [-0.4, -0.2) is 12.6 Å². The van der Waals surface area contributed by atoms with E-state index in [4.69, 9.17) is 9.26 Å². The lowest BCUT2D eigenvalue weighted by molar-refractivity contribution is -0.134. The maximum atomic E-state index is 12.5. The number of ether oxygens (including phenoxy) is 1. The Morgan fingerprint density at radius 3 is 2.71 bits per heavy atom. The fourth-order valence-electron chi connectivity index (χ4n) is 1.78. The van der Waals surface area contributed by atoms with Crippen LogP contribution < -0.4 is 5.30 Å². The van der Waals surface area contributed by atoms with Gasteiger partial charge in [-0.1, -0.05) is 18.2 Å². The summed E-state index contributed by atoms with van der Waals surface area (Å²) >= 11 is 0. The van der Waals surface area contributed by atoms with Gasteiger partial charge in [-0.3, -0.25) is 9.36 Å². The lowest BCUT2D eigenvalue weighted by atomic mass is 10.2. The lowest BCUT2D eigenvalue weighted by Gasteiger charge is -2.10. The molecule has 1 unspecified atom stereocenters. The van der Waals surface area contributed by atoms with E-state index in [0.29, 0.717) is 23.2 Å². The summed E-state index contributed by atoms with van der Waals surface area (Å²) in [6.45, 7) is 3.43. The Labute approximate surface area is 99.7 Å². The summed E-state index contributed by atoms with van der Waals surface area (Å²) < 4.78 is 22.9. The summed E-state index contributed by atoms with van der Waals surface area (Å²) in [6, 6.07) is 7.09. The molecule has 1 heterocycles. The summed E-state index contributed by atoms with van der Waals surface area (Å²) in [5.41, 5.74) is 0.666. The Kier molecular flexibility index (Phi) is 3.18. The number of hydrogen-bond donors (Lipinski definition) is 0. The minimum absolute atomic E-state index is 0.324. The topological polar surface area (TPSA) is 52.6 Å². The van der Waals surface area contributed by atoms with E-state index in [2.05, 4.69) is 0 Å². The van der Waals surface area contributed by atoms with Gasteiger partial charge in [-0.05, 0) is 13.0 Å². The van der Waals surface area contributed by atoms with Gasteiger partial charge in [0.1, 0.15) is 5.76 Å². The van der Waals surface area contributed by atoms with Crippen molar-refractivity contribution in [1.82, 2.24) is 0 Å². The van der Waals surface area contributed by atoms with Crippen LogP contribution in [0, 0.1) is 0 Å². The average Bonchev–Trinajstić information content (AvgIpc) is 2.53. The van der Waals surface area contributed by atoms with E-state index in [1.165, 1.54) is 12.7 Å². The van der Waals surface area contributed by atoms with Gasteiger partial charge < -0.3 is 9.26 Å². The molecule has 1 aliphatic rings. The minimum Gasteiger partial charge on any atom is -0.426 e. The Morgan fingerprint density at radius 1 is 1.35 bits per heavy atom. The quantitative estimate of drug-likeness (QED) is 0.612. The van der Waals surface area contributed by atoms with Crippen molar-refractivity contribution in [3.05, 3.63) is 35.6 Å². The second-order valence-electron chi connectivity index (χ2n) is 3.62. The van der Waals surface area contributed by atoms with Gasteiger partial charge in [-0.25, -0.2) is 0 Å². The molecule has 1 aromatic rings. The number of carbonyl (C=O) groups is 1. The number of esters is 1. The van der Waals surface area contributed by atoms with E-state index >= 15 is 0 Å². The summed E-state index contributed by atoms with van der Waals surface area (Å²) in [5.74, 6) is 1.31. The zero-order valence-corrected chi connectivity index (χ0v) is 10.6. The van der Waals surface area contributed by atoms with Crippen LogP contribution >= 0.6 is 7.37 Å². The number of benzene rings is 1. The van der Waals surface area contributed by atoms with Crippen molar-refractivity contribution >= 4 is 24.4 Å². The molecule has 0 spiro atoms. The lowest BCUT2D eigenvalue weighted by Crippen LogP contribution is -2.07. The van der Waals surface area contributed by atoms with Crippen molar-refractivity contribution in [2.45, 2.75) is 13.8 Å². The molecule has 5 heteroatoms. The standard InChI is InChI=1S/C12H13O4P/c1-3-15-17(14)8-11(16-9(2)13)10-6-4-5-7-12(10)17/h4-8H,3H2,1-2H3. The van der Waals surface area contributed by atoms with Crippen LogP contribution in [0.4, 0.5) is 0 Å². The van der Waals surface area contributed by atoms with Gasteiger partial charge in [0, 0.05) is 18.3 Å². The fraction of sp³-hybridized carbons (Fsp3) is 0.250. The third kappa shape index (κ3) is 2.19. The van der Waals surface area contributed by atoms with Crippen molar-refractivity contribution in [3.8, 4) is 0 Å². The molecule has 2 rings (SSSR count). The molecule has 0 saturated heterocycles. The summed E-state index contributed by atoms with van der Waals surface area (Å²) in [5, 5.41) is 0.595. The second kappa shape index (κ2) is 4.47.